The maximum Gasteiger partial charge on any atom is 0.107 e. The van der Waals surface area contributed by atoms with Crippen molar-refractivity contribution in [3.8, 4) is 0 Å². The van der Waals surface area contributed by atoms with Crippen LogP contribution in [0.1, 0.15) is 5.82 Å². The summed E-state index contributed by atoms with van der Waals surface area (Å²) in [4.78, 5) is 6.12. The fraction of sp³-hybridized carbons (Fsp3) is 0.571. The van der Waals surface area contributed by atoms with Crippen molar-refractivity contribution < 1.29 is 0 Å². The van der Waals surface area contributed by atoms with E-state index in [1.807, 2.05) is 25.6 Å². The molecule has 0 unspecified atom stereocenters. The molecular weight excluding hydrogens is 126 g/mol. The third-order valence-electron chi connectivity index (χ3n) is 1.28. The Kier molecular flexibility index (Phi) is 2.06. The monoisotopic (exact) mass is 138 g/mol. The Morgan fingerprint density at radius 2 is 2.40 bits per heavy atom. The van der Waals surface area contributed by atoms with Crippen molar-refractivity contribution in [3.05, 3.63) is 18.2 Å². The first-order valence-electron chi connectivity index (χ1n) is 3.24. The largest absolute Gasteiger partial charge is 0.313 e. The zero-order valence-corrected chi connectivity index (χ0v) is 6.63. The number of rotatable bonds is 2. The highest BCUT2D eigenvalue weighted by atomic mass is 15.2. The molecule has 1 heterocycles. The van der Waals surface area contributed by atoms with Gasteiger partial charge in [-0.2, -0.15) is 0 Å². The molecule has 0 fully saturated rings. The van der Waals surface area contributed by atoms with Gasteiger partial charge in [0, 0.05) is 0 Å². The quantitative estimate of drug-likeness (QED) is 0.593. The van der Waals surface area contributed by atoms with Gasteiger partial charge in [0.2, 0.25) is 0 Å². The average molecular weight is 138 g/mol. The van der Waals surface area contributed by atoms with Crippen molar-refractivity contribution in [3.63, 3.8) is 0 Å². The van der Waals surface area contributed by atoms with Crippen LogP contribution in [0.5, 0.6) is 0 Å². The van der Waals surface area contributed by atoms with Gasteiger partial charge < -0.3 is 4.57 Å². The summed E-state index contributed by atoms with van der Waals surface area (Å²) in [6, 6.07) is 0. The van der Waals surface area contributed by atoms with Gasteiger partial charge in [-0.15, -0.1) is 0 Å². The summed E-state index contributed by atoms with van der Waals surface area (Å²) in [5.74, 6) is 1.01. The Morgan fingerprint density at radius 3 is 2.80 bits per heavy atom. The lowest BCUT2D eigenvalue weighted by Crippen LogP contribution is -2.17. The van der Waals surface area contributed by atoms with Gasteiger partial charge in [-0.05, 0) is 21.0 Å². The van der Waals surface area contributed by atoms with Gasteiger partial charge in [0.15, 0.2) is 0 Å². The van der Waals surface area contributed by atoms with Gasteiger partial charge >= 0.3 is 0 Å². The van der Waals surface area contributed by atoms with Crippen molar-refractivity contribution in [1.29, 1.82) is 0 Å². The maximum absolute atomic E-state index is 4.05. The van der Waals surface area contributed by atoms with Crippen LogP contribution in [-0.2, 0) is 6.67 Å². The van der Waals surface area contributed by atoms with Crippen molar-refractivity contribution in [2.75, 3.05) is 14.1 Å². The molecule has 0 aliphatic heterocycles. The van der Waals surface area contributed by atoms with E-state index in [-0.39, 0.29) is 0 Å². The first-order chi connectivity index (χ1) is 4.70. The minimum absolute atomic E-state index is 0.853. The van der Waals surface area contributed by atoms with E-state index in [2.05, 4.69) is 16.1 Å². The molecule has 0 aliphatic rings. The molecule has 0 aromatic carbocycles. The number of hydrogen-bond acceptors (Lipinski definition) is 2. The normalized spacial score (nSPS) is 10.8. The molecule has 3 heteroatoms. The summed E-state index contributed by atoms with van der Waals surface area (Å²) >= 11 is 0. The van der Waals surface area contributed by atoms with E-state index in [9.17, 15) is 0 Å². The predicted molar refractivity (Wildman–Crippen MR) is 39.5 cm³/mol. The summed E-state index contributed by atoms with van der Waals surface area (Å²) in [7, 11) is 4.04. The third kappa shape index (κ3) is 1.57. The summed E-state index contributed by atoms with van der Waals surface area (Å²) in [6.45, 7) is 2.83. The third-order valence-corrected chi connectivity index (χ3v) is 1.28. The van der Waals surface area contributed by atoms with Crippen molar-refractivity contribution in [2.24, 2.45) is 0 Å². The zero-order chi connectivity index (χ0) is 7.56. The van der Waals surface area contributed by atoms with E-state index in [4.69, 9.17) is 0 Å². The van der Waals surface area contributed by atoms with Crippen LogP contribution in [0, 0.1) is 13.1 Å². The van der Waals surface area contributed by atoms with Gasteiger partial charge in [0.25, 0.3) is 0 Å². The van der Waals surface area contributed by atoms with Crippen LogP contribution < -0.4 is 0 Å². The highest BCUT2D eigenvalue weighted by molar-refractivity contribution is 4.85. The van der Waals surface area contributed by atoms with Crippen LogP contribution >= 0.6 is 0 Å². The van der Waals surface area contributed by atoms with Crippen molar-refractivity contribution in [1.82, 2.24) is 14.5 Å². The molecule has 1 aromatic heterocycles. The Labute approximate surface area is 61.3 Å². The minimum atomic E-state index is 0.853. The number of aryl methyl sites for hydroxylation is 1. The van der Waals surface area contributed by atoms with Gasteiger partial charge in [-0.1, -0.05) is 0 Å². The molecule has 3 nitrogen and oxygen atoms in total. The lowest BCUT2D eigenvalue weighted by atomic mass is 10.7. The van der Waals surface area contributed by atoms with E-state index in [0.29, 0.717) is 0 Å². The van der Waals surface area contributed by atoms with Crippen molar-refractivity contribution >= 4 is 0 Å². The van der Waals surface area contributed by atoms with Gasteiger partial charge in [0.05, 0.1) is 19.1 Å². The summed E-state index contributed by atoms with van der Waals surface area (Å²) in [6.07, 6.45) is 4.69. The lowest BCUT2D eigenvalue weighted by molar-refractivity contribution is 0.321. The van der Waals surface area contributed by atoms with Gasteiger partial charge in [-0.25, -0.2) is 4.98 Å². The number of imidazole rings is 1. The first-order valence-corrected chi connectivity index (χ1v) is 3.24. The second-order valence-electron chi connectivity index (χ2n) is 2.58. The zero-order valence-electron chi connectivity index (χ0n) is 6.63. The van der Waals surface area contributed by atoms with Gasteiger partial charge in [-0.3, -0.25) is 4.90 Å². The summed E-state index contributed by atoms with van der Waals surface area (Å²) < 4.78 is 1.97. The average Bonchev–Trinajstić information content (AvgIpc) is 2.15. The lowest BCUT2D eigenvalue weighted by Gasteiger charge is -2.10. The Bertz CT molecular complexity index is 202. The number of hydrogen-bond donors (Lipinski definition) is 0. The summed E-state index contributed by atoms with van der Waals surface area (Å²) in [5.41, 5.74) is 0. The highest BCUT2D eigenvalue weighted by Gasteiger charge is 1.96. The highest BCUT2D eigenvalue weighted by Crippen LogP contribution is 1.93. The first kappa shape index (κ1) is 7.28. The topological polar surface area (TPSA) is 21.1 Å². The van der Waals surface area contributed by atoms with Gasteiger partial charge in [0.1, 0.15) is 5.82 Å². The van der Waals surface area contributed by atoms with E-state index in [0.717, 1.165) is 12.5 Å². The second kappa shape index (κ2) is 2.84. The Morgan fingerprint density at radius 1 is 1.70 bits per heavy atom. The van der Waals surface area contributed by atoms with Crippen molar-refractivity contribution in [2.45, 2.75) is 13.6 Å². The molecule has 1 rings (SSSR count). The molecule has 0 bridgehead atoms. The molecule has 0 N–H and O–H groups in total. The molecule has 1 aromatic rings. The van der Waals surface area contributed by atoms with E-state index in [1.165, 1.54) is 0 Å². The minimum Gasteiger partial charge on any atom is -0.313 e. The predicted octanol–water partition coefficient (Wildman–Crippen LogP) is 0.511. The van der Waals surface area contributed by atoms with E-state index < -0.39 is 0 Å². The smallest absolute Gasteiger partial charge is 0.107 e. The molecule has 0 aliphatic carbocycles. The molecule has 1 radical (unpaired) electrons. The SMILES string of the molecule is Cc1nc[c]n1CN(C)C. The Hall–Kier alpha value is -0.830. The van der Waals surface area contributed by atoms with Crippen LogP contribution in [0.3, 0.4) is 0 Å². The number of nitrogens with zero attached hydrogens (tertiary/aromatic N) is 3. The van der Waals surface area contributed by atoms with E-state index >= 15 is 0 Å². The molecule has 55 valence electrons. The maximum atomic E-state index is 4.05. The standard InChI is InChI=1S/C7H12N3/c1-7-8-4-5-10(7)6-9(2)3/h4H,6H2,1-3H3. The second-order valence-corrected chi connectivity index (χ2v) is 2.58. The summed E-state index contributed by atoms with van der Waals surface area (Å²) in [5, 5.41) is 0. The molecule has 0 saturated carbocycles. The van der Waals surface area contributed by atoms with Crippen LogP contribution in [0.15, 0.2) is 6.20 Å². The van der Waals surface area contributed by atoms with Crippen LogP contribution in [-0.4, -0.2) is 28.5 Å². The molecule has 10 heavy (non-hydrogen) atoms. The van der Waals surface area contributed by atoms with Crippen LogP contribution in [0.2, 0.25) is 0 Å². The molecular formula is C7H12N3. The molecule has 0 spiro atoms. The number of aromatic nitrogens is 2. The molecule has 0 saturated heterocycles. The Balaban J connectivity index is 2.65. The molecule has 0 amide bonds. The van der Waals surface area contributed by atoms with Crippen LogP contribution in [0.25, 0.3) is 0 Å². The van der Waals surface area contributed by atoms with E-state index in [1.54, 1.807) is 6.20 Å². The fourth-order valence-electron chi connectivity index (χ4n) is 0.781. The van der Waals surface area contributed by atoms with Crippen LogP contribution in [0.4, 0.5) is 0 Å². The fourth-order valence-corrected chi connectivity index (χ4v) is 0.781. The molecule has 0 atom stereocenters.